The molecule has 278 valence electrons. The molecule has 11 rings (SSSR count). The van der Waals surface area contributed by atoms with Crippen molar-refractivity contribution in [2.45, 2.75) is 32.2 Å². The molecule has 0 bridgehead atoms. The van der Waals surface area contributed by atoms with Crippen LogP contribution in [0, 0.1) is 0 Å². The average molecular weight is 750 g/mol. The van der Waals surface area contributed by atoms with Gasteiger partial charge in [0.25, 0.3) is 0 Å². The molecule has 3 heterocycles. The topological polar surface area (TPSA) is 55.9 Å². The Morgan fingerprint density at radius 3 is 2.28 bits per heavy atom. The minimum absolute atomic E-state index is 0.0769. The first-order valence-electron chi connectivity index (χ1n) is 20.0. The van der Waals surface area contributed by atoms with Crippen LogP contribution in [0.1, 0.15) is 48.3 Å². The number of nitrogens with zero attached hydrogens (tertiary/aromatic N) is 3. The molecule has 2 aliphatic rings. The van der Waals surface area contributed by atoms with E-state index in [1.54, 1.807) is 0 Å². The van der Waals surface area contributed by atoms with Gasteiger partial charge in [-0.05, 0) is 72.9 Å². The van der Waals surface area contributed by atoms with Crippen molar-refractivity contribution in [3.8, 4) is 11.1 Å². The molecule has 1 atom stereocenters. The monoisotopic (exact) mass is 749 g/mol. The van der Waals surface area contributed by atoms with E-state index in [1.165, 1.54) is 32.9 Å². The van der Waals surface area contributed by atoms with E-state index in [0.29, 0.717) is 11.5 Å². The summed E-state index contributed by atoms with van der Waals surface area (Å²) in [5.41, 5.74) is 12.8. The zero-order chi connectivity index (χ0) is 38.7. The van der Waals surface area contributed by atoms with Crippen LogP contribution in [0.25, 0.3) is 78.3 Å². The van der Waals surface area contributed by atoms with Crippen molar-refractivity contribution in [1.82, 2.24) is 4.57 Å². The molecule has 5 heteroatoms. The van der Waals surface area contributed by atoms with E-state index in [4.69, 9.17) is 18.8 Å². The van der Waals surface area contributed by atoms with Gasteiger partial charge in [-0.2, -0.15) is 0 Å². The zero-order valence-electron chi connectivity index (χ0n) is 32.2. The molecule has 6 aromatic carbocycles. The summed E-state index contributed by atoms with van der Waals surface area (Å²) in [5.74, 6) is 1.58. The fraction of sp³-hybridized carbons (Fsp3) is 0.0943. The first kappa shape index (κ1) is 34.0. The van der Waals surface area contributed by atoms with Crippen molar-refractivity contribution in [1.29, 1.82) is 0 Å². The van der Waals surface area contributed by atoms with Gasteiger partial charge in [0.15, 0.2) is 5.84 Å². The molecule has 2 aliphatic carbocycles. The van der Waals surface area contributed by atoms with Gasteiger partial charge in [0, 0.05) is 60.9 Å². The van der Waals surface area contributed by atoms with Crippen LogP contribution in [0.3, 0.4) is 0 Å². The standard InChI is InChI=1S/C53H39N3O2/c1-33(35-15-5-3-6-16-35)54-53(55-34(2)39-21-13-22-42-41-20-10-12-25-48(41)58-52(39)42)44-23-14-26-49-51(44)43-29-28-38(32-50(43)57-49)56-46-24-11-9-19-40(46)45-31-37(27-30-47(45)56)36-17-7-4-8-18-36/h3-13,15-25,27,29-32,38H,1,14,26,28H2,2H3/b54-53-,55-34+. The van der Waals surface area contributed by atoms with Crippen molar-refractivity contribution < 1.29 is 8.83 Å². The van der Waals surface area contributed by atoms with Gasteiger partial charge in [0.1, 0.15) is 22.3 Å². The quantitative estimate of drug-likeness (QED) is 0.126. The molecule has 3 aromatic heterocycles. The van der Waals surface area contributed by atoms with E-state index in [9.17, 15) is 0 Å². The maximum absolute atomic E-state index is 6.83. The highest BCUT2D eigenvalue weighted by Crippen LogP contribution is 2.38. The lowest BCUT2D eigenvalue weighted by molar-refractivity contribution is 0.472. The molecule has 0 radical (unpaired) electrons. The Bertz CT molecular complexity index is 3340. The first-order valence-corrected chi connectivity index (χ1v) is 20.0. The first-order chi connectivity index (χ1) is 28.6. The number of aromatic nitrogens is 1. The van der Waals surface area contributed by atoms with Crippen LogP contribution in [0.15, 0.2) is 177 Å². The summed E-state index contributed by atoms with van der Waals surface area (Å²) >= 11 is 0. The van der Waals surface area contributed by atoms with E-state index in [-0.39, 0.29) is 6.04 Å². The Labute approximate surface area is 335 Å². The summed E-state index contributed by atoms with van der Waals surface area (Å²) in [4.78, 5) is 10.5. The van der Waals surface area contributed by atoms with Crippen LogP contribution in [-0.2, 0) is 6.42 Å². The van der Waals surface area contributed by atoms with Gasteiger partial charge in [-0.25, -0.2) is 9.98 Å². The van der Waals surface area contributed by atoms with Gasteiger partial charge in [-0.15, -0.1) is 0 Å². The largest absolute Gasteiger partial charge is 0.461 e. The maximum Gasteiger partial charge on any atom is 0.160 e. The highest BCUT2D eigenvalue weighted by Gasteiger charge is 2.27. The van der Waals surface area contributed by atoms with Crippen LogP contribution in [0.2, 0.25) is 0 Å². The number of furan rings is 2. The number of rotatable bonds is 6. The lowest BCUT2D eigenvalue weighted by Gasteiger charge is -2.18. The Balaban J connectivity index is 1.04. The van der Waals surface area contributed by atoms with Gasteiger partial charge < -0.3 is 13.4 Å². The lowest BCUT2D eigenvalue weighted by atomic mass is 9.92. The highest BCUT2D eigenvalue weighted by molar-refractivity contribution is 6.29. The summed E-state index contributed by atoms with van der Waals surface area (Å²) in [6, 6.07) is 50.8. The molecule has 0 aliphatic heterocycles. The number of allylic oxidation sites excluding steroid dienone is 1. The average Bonchev–Trinajstić information content (AvgIpc) is 3.95. The van der Waals surface area contributed by atoms with Gasteiger partial charge >= 0.3 is 0 Å². The van der Waals surface area contributed by atoms with Crippen molar-refractivity contribution in [2.24, 2.45) is 9.98 Å². The molecule has 0 N–H and O–H groups in total. The van der Waals surface area contributed by atoms with Gasteiger partial charge in [-0.3, -0.25) is 0 Å². The molecule has 0 fully saturated rings. The van der Waals surface area contributed by atoms with E-state index >= 15 is 0 Å². The number of hydrogen-bond donors (Lipinski definition) is 0. The molecule has 5 nitrogen and oxygen atoms in total. The van der Waals surface area contributed by atoms with Gasteiger partial charge in [-0.1, -0.05) is 134 Å². The number of fused-ring (bicyclic) bond motifs is 9. The summed E-state index contributed by atoms with van der Waals surface area (Å²) in [6.45, 7) is 6.46. The minimum atomic E-state index is 0.0769. The number of aliphatic imine (C=N–C) groups is 2. The third kappa shape index (κ3) is 5.61. The molecular formula is C53H39N3O2. The third-order valence-corrected chi connectivity index (χ3v) is 11.7. The SMILES string of the molecule is C=C(/N=C(\N=C(/C)c1cccc2c1oc1ccccc12)C1=CCCc2oc3c(c21)=CCC(n1c2ccccc2c2cc(-c4ccccc4)ccc21)C=3)c1ccccc1. The summed E-state index contributed by atoms with van der Waals surface area (Å²) in [5, 5.41) is 5.77. The molecular weight excluding hydrogens is 711 g/mol. The van der Waals surface area contributed by atoms with E-state index in [0.717, 1.165) is 85.6 Å². The van der Waals surface area contributed by atoms with Crippen LogP contribution in [-0.4, -0.2) is 16.1 Å². The number of hydrogen-bond acceptors (Lipinski definition) is 3. The Hall–Kier alpha value is -7.24. The van der Waals surface area contributed by atoms with Gasteiger partial charge in [0.2, 0.25) is 0 Å². The number of amidine groups is 1. The molecule has 58 heavy (non-hydrogen) atoms. The summed E-state index contributed by atoms with van der Waals surface area (Å²) in [7, 11) is 0. The molecule has 0 amide bonds. The Kier molecular flexibility index (Phi) is 8.07. The van der Waals surface area contributed by atoms with E-state index in [1.807, 2.05) is 55.5 Å². The predicted octanol–water partition coefficient (Wildman–Crippen LogP) is 12.1. The second kappa shape index (κ2) is 13.7. The van der Waals surface area contributed by atoms with Crippen LogP contribution >= 0.6 is 0 Å². The Morgan fingerprint density at radius 2 is 1.41 bits per heavy atom. The molecule has 0 saturated heterocycles. The summed E-state index contributed by atoms with van der Waals surface area (Å²) < 4.78 is 15.8. The number of para-hydroxylation sites is 3. The van der Waals surface area contributed by atoms with Crippen molar-refractivity contribution in [3.05, 3.63) is 191 Å². The maximum atomic E-state index is 6.83. The highest BCUT2D eigenvalue weighted by atomic mass is 16.3. The van der Waals surface area contributed by atoms with E-state index < -0.39 is 0 Å². The second-order valence-corrected chi connectivity index (χ2v) is 15.2. The fourth-order valence-corrected chi connectivity index (χ4v) is 9.01. The second-order valence-electron chi connectivity index (χ2n) is 15.2. The molecule has 0 saturated carbocycles. The van der Waals surface area contributed by atoms with Crippen molar-refractivity contribution in [3.63, 3.8) is 0 Å². The Morgan fingerprint density at radius 1 is 0.672 bits per heavy atom. The lowest BCUT2D eigenvalue weighted by Crippen LogP contribution is -2.29. The normalized spacial score (nSPS) is 15.6. The fourth-order valence-electron chi connectivity index (χ4n) is 9.01. The predicted molar refractivity (Wildman–Crippen MR) is 241 cm³/mol. The number of benzene rings is 6. The molecule has 0 spiro atoms. The van der Waals surface area contributed by atoms with Crippen LogP contribution in [0.5, 0.6) is 0 Å². The van der Waals surface area contributed by atoms with Crippen LogP contribution < -0.4 is 10.6 Å². The van der Waals surface area contributed by atoms with E-state index in [2.05, 4.69) is 126 Å². The molecule has 1 unspecified atom stereocenters. The summed E-state index contributed by atoms with van der Waals surface area (Å²) in [6.07, 6.45) is 9.39. The molecule has 9 aromatic rings. The zero-order valence-corrected chi connectivity index (χ0v) is 32.2. The number of aryl methyl sites for hydroxylation is 1. The van der Waals surface area contributed by atoms with Crippen LogP contribution in [0.4, 0.5) is 0 Å². The van der Waals surface area contributed by atoms with Crippen molar-refractivity contribution >= 4 is 78.7 Å². The third-order valence-electron chi connectivity index (χ3n) is 11.7. The smallest absolute Gasteiger partial charge is 0.160 e. The van der Waals surface area contributed by atoms with Crippen molar-refractivity contribution in [2.75, 3.05) is 0 Å². The minimum Gasteiger partial charge on any atom is -0.461 e. The van der Waals surface area contributed by atoms with Gasteiger partial charge in [0.05, 0.1) is 17.5 Å².